The zero-order chi connectivity index (χ0) is 19.8. The van der Waals surface area contributed by atoms with Crippen LogP contribution in [0.5, 0.6) is 0 Å². The average Bonchev–Trinajstić information content (AvgIpc) is 3.43. The van der Waals surface area contributed by atoms with E-state index in [0.717, 1.165) is 47.1 Å². The maximum absolute atomic E-state index is 11.8. The summed E-state index contributed by atoms with van der Waals surface area (Å²) in [5.41, 5.74) is 4.92. The van der Waals surface area contributed by atoms with E-state index in [1.165, 1.54) is 18.5 Å². The van der Waals surface area contributed by atoms with Gasteiger partial charge in [0.2, 0.25) is 5.91 Å². The quantitative estimate of drug-likeness (QED) is 0.691. The molecule has 0 bridgehead atoms. The molecule has 29 heavy (non-hydrogen) atoms. The van der Waals surface area contributed by atoms with Crippen molar-refractivity contribution in [2.24, 2.45) is 0 Å². The molecule has 148 valence electrons. The molecule has 1 aromatic heterocycles. The van der Waals surface area contributed by atoms with Crippen LogP contribution >= 0.6 is 11.8 Å². The summed E-state index contributed by atoms with van der Waals surface area (Å²) in [6.45, 7) is 2.28. The van der Waals surface area contributed by atoms with Crippen molar-refractivity contribution in [3.05, 3.63) is 59.5 Å². The molecule has 3 aromatic rings. The van der Waals surface area contributed by atoms with Crippen molar-refractivity contribution in [2.75, 3.05) is 18.0 Å². The van der Waals surface area contributed by atoms with E-state index in [9.17, 15) is 9.59 Å². The van der Waals surface area contributed by atoms with Gasteiger partial charge in [0.1, 0.15) is 5.52 Å². The summed E-state index contributed by atoms with van der Waals surface area (Å²) in [5.74, 6) is 0.451. The number of aromatic nitrogens is 1. The molecule has 2 aliphatic rings. The second-order valence-corrected chi connectivity index (χ2v) is 8.71. The van der Waals surface area contributed by atoms with Crippen LogP contribution in [0.2, 0.25) is 0 Å². The minimum absolute atomic E-state index is 0.224. The minimum Gasteiger partial charge on any atom is -0.440 e. The fourth-order valence-corrected chi connectivity index (χ4v) is 4.80. The van der Waals surface area contributed by atoms with Gasteiger partial charge in [0.25, 0.3) is 5.24 Å². The molecule has 1 unspecified atom stereocenters. The van der Waals surface area contributed by atoms with Gasteiger partial charge in [-0.1, -0.05) is 30.0 Å². The van der Waals surface area contributed by atoms with Crippen LogP contribution in [-0.2, 0) is 17.6 Å². The lowest BCUT2D eigenvalue weighted by Gasteiger charge is -2.17. The topological polar surface area (TPSA) is 75.4 Å². The van der Waals surface area contributed by atoms with Crippen molar-refractivity contribution < 1.29 is 14.0 Å². The number of fused-ring (bicyclic) bond motifs is 1. The molecule has 2 aliphatic heterocycles. The monoisotopic (exact) mass is 407 g/mol. The largest absolute Gasteiger partial charge is 0.440 e. The Balaban J connectivity index is 1.29. The second-order valence-electron chi connectivity index (χ2n) is 7.53. The van der Waals surface area contributed by atoms with Crippen molar-refractivity contribution in [3.8, 4) is 0 Å². The van der Waals surface area contributed by atoms with E-state index in [0.29, 0.717) is 18.7 Å². The van der Waals surface area contributed by atoms with E-state index >= 15 is 0 Å². The predicted molar refractivity (Wildman–Crippen MR) is 113 cm³/mol. The van der Waals surface area contributed by atoms with Gasteiger partial charge in [-0.3, -0.25) is 14.9 Å². The molecular formula is C22H21N3O3S. The normalized spacial score (nSPS) is 19.3. The molecule has 2 fully saturated rings. The number of nitrogens with one attached hydrogen (secondary N) is 1. The summed E-state index contributed by atoms with van der Waals surface area (Å²) in [6.07, 6.45) is 3.68. The summed E-state index contributed by atoms with van der Waals surface area (Å²) in [6, 6.07) is 14.4. The van der Waals surface area contributed by atoms with Crippen LogP contribution in [0.25, 0.3) is 11.1 Å². The SMILES string of the molecule is O=C1NC(=O)C(Cc2ccc3oc(Cc4ccc(N5CCCC5)cc4)nc3c2)S1. The van der Waals surface area contributed by atoms with E-state index in [2.05, 4.69) is 39.5 Å². The Morgan fingerprint density at radius 2 is 1.83 bits per heavy atom. The Morgan fingerprint density at radius 1 is 1.07 bits per heavy atom. The molecule has 0 saturated carbocycles. The smallest absolute Gasteiger partial charge is 0.286 e. The molecule has 1 N–H and O–H groups in total. The summed E-state index contributed by atoms with van der Waals surface area (Å²) in [7, 11) is 0. The number of hydrogen-bond donors (Lipinski definition) is 1. The Labute approximate surface area is 172 Å². The number of hydrogen-bond acceptors (Lipinski definition) is 6. The predicted octanol–water partition coefficient (Wildman–Crippen LogP) is 3.91. The van der Waals surface area contributed by atoms with Gasteiger partial charge in [-0.05, 0) is 54.7 Å². The van der Waals surface area contributed by atoms with Gasteiger partial charge in [-0.15, -0.1) is 0 Å². The van der Waals surface area contributed by atoms with E-state index < -0.39 is 0 Å². The zero-order valence-corrected chi connectivity index (χ0v) is 16.7. The van der Waals surface area contributed by atoms with E-state index in [1.54, 1.807) is 0 Å². The molecule has 7 heteroatoms. The summed E-state index contributed by atoms with van der Waals surface area (Å²) in [5, 5.41) is 1.67. The van der Waals surface area contributed by atoms with Crippen LogP contribution in [0.3, 0.4) is 0 Å². The fourth-order valence-electron chi connectivity index (χ4n) is 3.94. The number of rotatable bonds is 5. The van der Waals surface area contributed by atoms with Crippen molar-refractivity contribution in [3.63, 3.8) is 0 Å². The first-order valence-electron chi connectivity index (χ1n) is 9.88. The highest BCUT2D eigenvalue weighted by Crippen LogP contribution is 2.26. The maximum Gasteiger partial charge on any atom is 0.286 e. The van der Waals surface area contributed by atoms with Crippen LogP contribution in [-0.4, -0.2) is 34.5 Å². The number of oxazole rings is 1. The Kier molecular flexibility index (Phi) is 4.75. The number of imide groups is 1. The zero-order valence-electron chi connectivity index (χ0n) is 15.9. The number of thioether (sulfide) groups is 1. The van der Waals surface area contributed by atoms with E-state index in [4.69, 9.17) is 4.42 Å². The molecule has 6 nitrogen and oxygen atoms in total. The van der Waals surface area contributed by atoms with Crippen LogP contribution in [0.15, 0.2) is 46.9 Å². The standard InChI is InChI=1S/C22H21N3O3S/c26-21-19(29-22(27)24-21)12-15-5-8-18-17(11-15)23-20(28-18)13-14-3-6-16(7-4-14)25-9-1-2-10-25/h3-8,11,19H,1-2,9-10,12-13H2,(H,24,26,27). The van der Waals surface area contributed by atoms with Crippen LogP contribution < -0.4 is 10.2 Å². The minimum atomic E-state index is -0.375. The maximum atomic E-state index is 11.8. The third-order valence-electron chi connectivity index (χ3n) is 5.45. The first-order valence-corrected chi connectivity index (χ1v) is 10.8. The molecule has 1 atom stereocenters. The number of anilines is 1. The molecule has 0 radical (unpaired) electrons. The highest BCUT2D eigenvalue weighted by atomic mass is 32.2. The third-order valence-corrected chi connectivity index (χ3v) is 6.43. The molecule has 5 rings (SSSR count). The number of carbonyl (C=O) groups excluding carboxylic acids is 2. The number of carbonyl (C=O) groups is 2. The molecule has 0 spiro atoms. The highest BCUT2D eigenvalue weighted by Gasteiger charge is 2.31. The van der Waals surface area contributed by atoms with Crippen LogP contribution in [0.1, 0.15) is 29.9 Å². The number of benzene rings is 2. The summed E-state index contributed by atoms with van der Waals surface area (Å²) in [4.78, 5) is 30.2. The van der Waals surface area contributed by atoms with Crippen molar-refractivity contribution in [1.29, 1.82) is 0 Å². The first kappa shape index (κ1) is 18.2. The molecule has 3 heterocycles. The fraction of sp³-hybridized carbons (Fsp3) is 0.318. The van der Waals surface area contributed by atoms with Crippen LogP contribution in [0, 0.1) is 0 Å². The first-order chi connectivity index (χ1) is 14.1. The van der Waals surface area contributed by atoms with Gasteiger partial charge in [-0.25, -0.2) is 4.98 Å². The van der Waals surface area contributed by atoms with Crippen molar-refractivity contribution in [2.45, 2.75) is 30.9 Å². The second kappa shape index (κ2) is 7.55. The lowest BCUT2D eigenvalue weighted by Crippen LogP contribution is -2.25. The summed E-state index contributed by atoms with van der Waals surface area (Å²) >= 11 is 1.04. The molecule has 2 amide bonds. The molecule has 2 aromatic carbocycles. The van der Waals surface area contributed by atoms with E-state index in [1.807, 2.05) is 18.2 Å². The number of nitrogens with zero attached hydrogens (tertiary/aromatic N) is 2. The van der Waals surface area contributed by atoms with Gasteiger partial charge in [-0.2, -0.15) is 0 Å². The summed E-state index contributed by atoms with van der Waals surface area (Å²) < 4.78 is 5.91. The van der Waals surface area contributed by atoms with Gasteiger partial charge in [0.05, 0.1) is 5.25 Å². The lowest BCUT2D eigenvalue weighted by atomic mass is 10.1. The average molecular weight is 407 g/mol. The number of amides is 2. The van der Waals surface area contributed by atoms with E-state index in [-0.39, 0.29) is 16.4 Å². The Bertz CT molecular complexity index is 1070. The van der Waals surface area contributed by atoms with Gasteiger partial charge in [0.15, 0.2) is 11.5 Å². The molecular weight excluding hydrogens is 386 g/mol. The van der Waals surface area contributed by atoms with Crippen molar-refractivity contribution >= 4 is 39.7 Å². The third kappa shape index (κ3) is 3.87. The lowest BCUT2D eigenvalue weighted by molar-refractivity contribution is -0.118. The Morgan fingerprint density at radius 3 is 2.55 bits per heavy atom. The van der Waals surface area contributed by atoms with Gasteiger partial charge >= 0.3 is 0 Å². The Hall–Kier alpha value is -2.80. The highest BCUT2D eigenvalue weighted by molar-refractivity contribution is 8.15. The molecule has 2 saturated heterocycles. The van der Waals surface area contributed by atoms with Gasteiger partial charge < -0.3 is 9.32 Å². The van der Waals surface area contributed by atoms with Gasteiger partial charge in [0, 0.05) is 25.2 Å². The van der Waals surface area contributed by atoms with Crippen molar-refractivity contribution in [1.82, 2.24) is 10.3 Å². The molecule has 0 aliphatic carbocycles. The van der Waals surface area contributed by atoms with Crippen LogP contribution in [0.4, 0.5) is 10.5 Å².